The first kappa shape index (κ1) is 23.8. The summed E-state index contributed by atoms with van der Waals surface area (Å²) in [5.41, 5.74) is 3.38. The van der Waals surface area contributed by atoms with Crippen molar-refractivity contribution in [1.82, 2.24) is 10.2 Å². The Morgan fingerprint density at radius 2 is 1.97 bits per heavy atom. The van der Waals surface area contributed by atoms with Gasteiger partial charge in [-0.3, -0.25) is 4.79 Å². The molecule has 0 fully saturated rings. The Balaban J connectivity index is 1.38. The average Bonchev–Trinajstić information content (AvgIpc) is 3.52. The van der Waals surface area contributed by atoms with Crippen molar-refractivity contribution in [3.63, 3.8) is 0 Å². The third-order valence-electron chi connectivity index (χ3n) is 6.11. The van der Waals surface area contributed by atoms with Crippen LogP contribution in [-0.2, 0) is 20.9 Å². The van der Waals surface area contributed by atoms with Crippen LogP contribution in [0.25, 0.3) is 0 Å². The van der Waals surface area contributed by atoms with Crippen LogP contribution < -0.4 is 19.5 Å². The third kappa shape index (κ3) is 4.39. The van der Waals surface area contributed by atoms with Gasteiger partial charge in [-0.05, 0) is 36.1 Å². The second-order valence-corrected chi connectivity index (χ2v) is 9.10. The Morgan fingerprint density at radius 3 is 2.78 bits per heavy atom. The highest BCUT2D eigenvalue weighted by Gasteiger charge is 2.42. The number of hydrogen-bond donors (Lipinski definition) is 1. The smallest absolute Gasteiger partial charge is 0.338 e. The second-order valence-electron chi connectivity index (χ2n) is 8.27. The van der Waals surface area contributed by atoms with Crippen molar-refractivity contribution in [3.05, 3.63) is 76.0 Å². The summed E-state index contributed by atoms with van der Waals surface area (Å²) in [7, 11) is 2.93. The largest absolute Gasteiger partial charge is 0.496 e. The molecule has 2 aromatic carbocycles. The molecule has 5 rings (SSSR count). The van der Waals surface area contributed by atoms with Crippen LogP contribution in [0.4, 0.5) is 0 Å². The van der Waals surface area contributed by atoms with Crippen molar-refractivity contribution < 1.29 is 28.5 Å². The number of carbonyl (C=O) groups excluding carboxylic acids is 2. The van der Waals surface area contributed by atoms with Crippen molar-refractivity contribution in [2.45, 2.75) is 25.9 Å². The summed E-state index contributed by atoms with van der Waals surface area (Å²) in [4.78, 5) is 32.4. The summed E-state index contributed by atoms with van der Waals surface area (Å²) in [6, 6.07) is 12.5. The molecule has 9 nitrogen and oxygen atoms in total. The summed E-state index contributed by atoms with van der Waals surface area (Å²) in [5, 5.41) is 5.55. The Labute approximate surface area is 212 Å². The number of carbonyl (C=O) groups is 2. The van der Waals surface area contributed by atoms with Gasteiger partial charge in [0.1, 0.15) is 5.75 Å². The average molecular weight is 508 g/mol. The molecule has 3 aliphatic heterocycles. The summed E-state index contributed by atoms with van der Waals surface area (Å²) < 4.78 is 21.5. The standard InChI is InChI=1S/C26H25N3O6S/c1-15-23(25(31)33-3)24(18-6-4-5-7-19(18)32-2)29-17(13-36-26(29)28-15)11-22(30)27-12-16-8-9-20-21(10-16)35-14-34-20/h4-10,13,24H,11-12,14H2,1-3H3,(H,27,30)/t24-/m1/s1. The first-order valence-corrected chi connectivity index (χ1v) is 12.2. The Morgan fingerprint density at radius 1 is 1.17 bits per heavy atom. The van der Waals surface area contributed by atoms with Crippen LogP contribution >= 0.6 is 11.8 Å². The van der Waals surface area contributed by atoms with E-state index < -0.39 is 12.0 Å². The van der Waals surface area contributed by atoms with Crippen molar-refractivity contribution in [2.75, 3.05) is 21.0 Å². The number of esters is 1. The zero-order valence-corrected chi connectivity index (χ0v) is 20.9. The monoisotopic (exact) mass is 507 g/mol. The fourth-order valence-electron chi connectivity index (χ4n) is 4.41. The van der Waals surface area contributed by atoms with E-state index in [-0.39, 0.29) is 19.1 Å². The Kier molecular flexibility index (Phi) is 6.60. The molecular formula is C26H25N3O6S. The van der Waals surface area contributed by atoms with Crippen LogP contribution in [0.1, 0.15) is 30.5 Å². The Bertz CT molecular complexity index is 1320. The van der Waals surface area contributed by atoms with Crippen molar-refractivity contribution >= 4 is 28.8 Å². The van der Waals surface area contributed by atoms with E-state index in [4.69, 9.17) is 18.9 Å². The van der Waals surface area contributed by atoms with Crippen LogP contribution in [0.15, 0.2) is 69.8 Å². The van der Waals surface area contributed by atoms with Gasteiger partial charge in [-0.1, -0.05) is 36.0 Å². The number of ether oxygens (including phenoxy) is 4. The van der Waals surface area contributed by atoms with E-state index in [2.05, 4.69) is 10.3 Å². The number of para-hydroxylation sites is 1. The number of amidine groups is 1. The molecule has 0 aliphatic carbocycles. The molecule has 0 aromatic heterocycles. The first-order chi connectivity index (χ1) is 17.5. The maximum atomic E-state index is 13.0. The number of thioether (sulfide) groups is 1. The molecule has 186 valence electrons. The summed E-state index contributed by atoms with van der Waals surface area (Å²) in [6.45, 7) is 2.33. The van der Waals surface area contributed by atoms with Crippen LogP contribution in [0.3, 0.4) is 0 Å². The summed E-state index contributed by atoms with van der Waals surface area (Å²) >= 11 is 1.42. The number of rotatable bonds is 7. The highest BCUT2D eigenvalue weighted by Crippen LogP contribution is 2.46. The van der Waals surface area contributed by atoms with Gasteiger partial charge in [-0.15, -0.1) is 0 Å². The van der Waals surface area contributed by atoms with Crippen LogP contribution in [-0.4, -0.2) is 43.0 Å². The predicted molar refractivity (Wildman–Crippen MR) is 134 cm³/mol. The fraction of sp³-hybridized carbons (Fsp3) is 0.269. The molecule has 10 heteroatoms. The molecule has 3 aliphatic rings. The normalized spacial score (nSPS) is 17.9. The maximum absolute atomic E-state index is 13.0. The SMILES string of the molecule is COC(=O)C1=C(C)N=C2SC=C(CC(=O)NCc3ccc4c(c3)OCO4)N2[C@@H]1c1ccccc1OC. The van der Waals surface area contributed by atoms with E-state index in [0.717, 1.165) is 16.8 Å². The molecule has 0 radical (unpaired) electrons. The molecule has 1 N–H and O–H groups in total. The van der Waals surface area contributed by atoms with E-state index >= 15 is 0 Å². The van der Waals surface area contributed by atoms with Gasteiger partial charge in [-0.2, -0.15) is 0 Å². The molecule has 2 aromatic rings. The third-order valence-corrected chi connectivity index (χ3v) is 7.00. The number of amides is 1. The van der Waals surface area contributed by atoms with E-state index in [0.29, 0.717) is 40.2 Å². The van der Waals surface area contributed by atoms with Gasteiger partial charge in [0.15, 0.2) is 16.7 Å². The van der Waals surface area contributed by atoms with Crippen molar-refractivity contribution in [3.8, 4) is 17.2 Å². The van der Waals surface area contributed by atoms with Gasteiger partial charge in [-0.25, -0.2) is 9.79 Å². The van der Waals surface area contributed by atoms with Crippen molar-refractivity contribution in [2.24, 2.45) is 4.99 Å². The van der Waals surface area contributed by atoms with Crippen molar-refractivity contribution in [1.29, 1.82) is 0 Å². The number of methoxy groups -OCH3 is 2. The molecule has 3 heterocycles. The lowest BCUT2D eigenvalue weighted by atomic mass is 9.93. The zero-order chi connectivity index (χ0) is 25.2. The zero-order valence-electron chi connectivity index (χ0n) is 20.1. The minimum absolute atomic E-state index is 0.107. The highest BCUT2D eigenvalue weighted by atomic mass is 32.2. The van der Waals surface area contributed by atoms with Gasteiger partial charge in [0.05, 0.1) is 38.0 Å². The molecular weight excluding hydrogens is 482 g/mol. The lowest BCUT2D eigenvalue weighted by Gasteiger charge is -2.36. The lowest BCUT2D eigenvalue weighted by Crippen LogP contribution is -2.38. The number of allylic oxidation sites excluding steroid dienone is 1. The van der Waals surface area contributed by atoms with E-state index in [1.54, 1.807) is 14.0 Å². The first-order valence-electron chi connectivity index (χ1n) is 11.3. The Hall–Kier alpha value is -3.92. The van der Waals surface area contributed by atoms with Crippen LogP contribution in [0.5, 0.6) is 17.2 Å². The number of nitrogens with one attached hydrogen (secondary N) is 1. The minimum Gasteiger partial charge on any atom is -0.496 e. The predicted octanol–water partition coefficient (Wildman–Crippen LogP) is 3.88. The molecule has 0 bridgehead atoms. The van der Waals surface area contributed by atoms with E-state index in [1.807, 2.05) is 52.8 Å². The van der Waals surface area contributed by atoms with Crippen LogP contribution in [0, 0.1) is 0 Å². The molecule has 0 unspecified atom stereocenters. The van der Waals surface area contributed by atoms with Crippen LogP contribution in [0.2, 0.25) is 0 Å². The van der Waals surface area contributed by atoms with Gasteiger partial charge in [0, 0.05) is 17.8 Å². The number of benzene rings is 2. The topological polar surface area (TPSA) is 98.7 Å². The molecule has 0 spiro atoms. The fourth-order valence-corrected chi connectivity index (χ4v) is 5.37. The van der Waals surface area contributed by atoms with Gasteiger partial charge in [0.2, 0.25) is 12.7 Å². The number of fused-ring (bicyclic) bond motifs is 2. The number of nitrogens with zero attached hydrogens (tertiary/aromatic N) is 2. The van der Waals surface area contributed by atoms with E-state index in [1.165, 1.54) is 18.9 Å². The lowest BCUT2D eigenvalue weighted by molar-refractivity contribution is -0.136. The number of aliphatic imine (C=N–C) groups is 1. The molecule has 0 saturated heterocycles. The van der Waals surface area contributed by atoms with E-state index in [9.17, 15) is 9.59 Å². The number of hydrogen-bond acceptors (Lipinski definition) is 9. The molecule has 1 amide bonds. The van der Waals surface area contributed by atoms with Gasteiger partial charge in [0.25, 0.3) is 0 Å². The summed E-state index contributed by atoms with van der Waals surface area (Å²) in [6.07, 6.45) is 0.107. The quantitative estimate of drug-likeness (QED) is 0.564. The highest BCUT2D eigenvalue weighted by molar-refractivity contribution is 8.16. The minimum atomic E-state index is -0.552. The molecule has 1 atom stereocenters. The second kappa shape index (κ2) is 9.98. The van der Waals surface area contributed by atoms with Gasteiger partial charge < -0.3 is 29.2 Å². The summed E-state index contributed by atoms with van der Waals surface area (Å²) in [5.74, 6) is 1.35. The van der Waals surface area contributed by atoms with Gasteiger partial charge >= 0.3 is 5.97 Å². The molecule has 0 saturated carbocycles. The maximum Gasteiger partial charge on any atom is 0.338 e. The molecule has 36 heavy (non-hydrogen) atoms.